The Kier molecular flexibility index (Phi) is 4.04. The first kappa shape index (κ1) is 13.1. The molecule has 0 N–H and O–H groups in total. The number of hydrogen-bond donors (Lipinski definition) is 0. The van der Waals surface area contributed by atoms with Gasteiger partial charge in [-0.1, -0.05) is 6.08 Å². The van der Waals surface area contributed by atoms with Crippen molar-refractivity contribution in [3.8, 4) is 0 Å². The molecule has 2 aliphatic rings. The van der Waals surface area contributed by atoms with E-state index < -0.39 is 5.79 Å². The first-order valence-electron chi connectivity index (χ1n) is 5.99. The van der Waals surface area contributed by atoms with Crippen molar-refractivity contribution in [3.63, 3.8) is 0 Å². The largest absolute Gasteiger partial charge is 0.347 e. The summed E-state index contributed by atoms with van der Waals surface area (Å²) in [4.78, 5) is 7.82. The van der Waals surface area contributed by atoms with Crippen molar-refractivity contribution < 1.29 is 13.9 Å². The summed E-state index contributed by atoms with van der Waals surface area (Å²) in [6.07, 6.45) is 5.33. The molecular formula is C13H17FN2O2. The third-order valence-corrected chi connectivity index (χ3v) is 3.05. The van der Waals surface area contributed by atoms with Gasteiger partial charge in [0, 0.05) is 12.8 Å². The maximum atomic E-state index is 12.6. The number of amidine groups is 1. The van der Waals surface area contributed by atoms with Crippen LogP contribution in [0.15, 0.2) is 33.7 Å². The summed E-state index contributed by atoms with van der Waals surface area (Å²) in [6.45, 7) is 6.10. The number of aliphatic imine (C=N–C) groups is 2. The highest BCUT2D eigenvalue weighted by molar-refractivity contribution is 6.01. The fourth-order valence-electron chi connectivity index (χ4n) is 2.15. The maximum Gasteiger partial charge on any atom is 0.172 e. The Labute approximate surface area is 106 Å². The summed E-state index contributed by atoms with van der Waals surface area (Å²) in [6, 6.07) is 0. The number of hydrogen-bond acceptors (Lipinski definition) is 3. The zero-order valence-corrected chi connectivity index (χ0v) is 10.5. The van der Waals surface area contributed by atoms with Gasteiger partial charge in [-0.3, -0.25) is 0 Å². The molecule has 0 bridgehead atoms. The predicted octanol–water partition coefficient (Wildman–Crippen LogP) is 2.77. The Morgan fingerprint density at radius 1 is 1.50 bits per heavy atom. The van der Waals surface area contributed by atoms with Crippen LogP contribution in [0.1, 0.15) is 26.2 Å². The molecule has 98 valence electrons. The van der Waals surface area contributed by atoms with E-state index in [-0.39, 0.29) is 5.83 Å². The van der Waals surface area contributed by atoms with Crippen LogP contribution in [0.3, 0.4) is 0 Å². The monoisotopic (exact) mass is 252 g/mol. The molecule has 0 atom stereocenters. The molecule has 1 aliphatic heterocycles. The van der Waals surface area contributed by atoms with Gasteiger partial charge in [0.25, 0.3) is 0 Å². The molecule has 2 rings (SSSR count). The van der Waals surface area contributed by atoms with Crippen LogP contribution in [0.2, 0.25) is 0 Å². The second-order valence-corrected chi connectivity index (χ2v) is 4.37. The summed E-state index contributed by atoms with van der Waals surface area (Å²) in [5.41, 5.74) is 0.965. The Morgan fingerprint density at radius 3 is 2.72 bits per heavy atom. The molecule has 0 radical (unpaired) electrons. The third kappa shape index (κ3) is 2.91. The Morgan fingerprint density at radius 2 is 2.22 bits per heavy atom. The highest BCUT2D eigenvalue weighted by Gasteiger charge is 2.38. The van der Waals surface area contributed by atoms with Crippen molar-refractivity contribution in [2.75, 3.05) is 13.2 Å². The van der Waals surface area contributed by atoms with E-state index in [1.54, 1.807) is 0 Å². The molecule has 0 aromatic heterocycles. The maximum absolute atomic E-state index is 12.6. The lowest BCUT2D eigenvalue weighted by molar-refractivity contribution is -0.161. The van der Waals surface area contributed by atoms with E-state index in [0.29, 0.717) is 25.5 Å². The molecule has 0 saturated carbocycles. The van der Waals surface area contributed by atoms with Crippen LogP contribution in [0.4, 0.5) is 4.39 Å². The average Bonchev–Trinajstić information content (AvgIpc) is 2.80. The molecule has 4 nitrogen and oxygen atoms in total. The summed E-state index contributed by atoms with van der Waals surface area (Å²) < 4.78 is 23.9. The quantitative estimate of drug-likeness (QED) is 0.560. The molecule has 0 aromatic carbocycles. The van der Waals surface area contributed by atoms with Gasteiger partial charge < -0.3 is 9.47 Å². The molecule has 5 heteroatoms. The summed E-state index contributed by atoms with van der Waals surface area (Å²) in [5, 5.41) is 0. The Bertz CT molecular complexity index is 417. The zero-order valence-electron chi connectivity index (χ0n) is 10.5. The highest BCUT2D eigenvalue weighted by atomic mass is 19.1. The minimum atomic E-state index is -0.457. The van der Waals surface area contributed by atoms with Gasteiger partial charge in [-0.05, 0) is 25.6 Å². The van der Waals surface area contributed by atoms with E-state index in [1.165, 1.54) is 6.92 Å². The lowest BCUT2D eigenvalue weighted by atomic mass is 9.93. The van der Waals surface area contributed by atoms with Crippen molar-refractivity contribution in [1.29, 1.82) is 0 Å². The molecule has 1 aliphatic carbocycles. The van der Waals surface area contributed by atoms with E-state index in [2.05, 4.69) is 16.7 Å². The van der Waals surface area contributed by atoms with Crippen LogP contribution in [0.25, 0.3) is 0 Å². The summed E-state index contributed by atoms with van der Waals surface area (Å²) in [7, 11) is 0. The van der Waals surface area contributed by atoms with Gasteiger partial charge in [0.2, 0.25) is 0 Å². The molecule has 1 fully saturated rings. The highest BCUT2D eigenvalue weighted by Crippen LogP contribution is 2.35. The topological polar surface area (TPSA) is 43.2 Å². The number of rotatable bonds is 2. The summed E-state index contributed by atoms with van der Waals surface area (Å²) in [5.74, 6) is -0.340. The van der Waals surface area contributed by atoms with Gasteiger partial charge in [0.05, 0.1) is 19.4 Å². The molecule has 18 heavy (non-hydrogen) atoms. The van der Waals surface area contributed by atoms with Crippen LogP contribution in [-0.4, -0.2) is 31.6 Å². The van der Waals surface area contributed by atoms with Crippen LogP contribution in [0.5, 0.6) is 0 Å². The van der Waals surface area contributed by atoms with Gasteiger partial charge in [-0.15, -0.1) is 0 Å². The van der Waals surface area contributed by atoms with Gasteiger partial charge >= 0.3 is 0 Å². The van der Waals surface area contributed by atoms with Crippen molar-refractivity contribution in [2.45, 2.75) is 32.0 Å². The first-order valence-corrected chi connectivity index (χ1v) is 5.99. The lowest BCUT2D eigenvalue weighted by Crippen LogP contribution is -2.32. The molecule has 0 amide bonds. The molecule has 1 spiro atoms. The Balaban J connectivity index is 2.10. The lowest BCUT2D eigenvalue weighted by Gasteiger charge is -2.30. The van der Waals surface area contributed by atoms with E-state index in [9.17, 15) is 4.39 Å². The molecule has 1 saturated heterocycles. The van der Waals surface area contributed by atoms with Crippen LogP contribution in [-0.2, 0) is 9.47 Å². The van der Waals surface area contributed by atoms with Crippen molar-refractivity contribution in [1.82, 2.24) is 0 Å². The van der Waals surface area contributed by atoms with Crippen LogP contribution < -0.4 is 0 Å². The molecule has 1 heterocycles. The zero-order chi connectivity index (χ0) is 13.0. The molecular weight excluding hydrogens is 235 g/mol. The smallest absolute Gasteiger partial charge is 0.172 e. The van der Waals surface area contributed by atoms with Crippen molar-refractivity contribution in [2.24, 2.45) is 9.98 Å². The van der Waals surface area contributed by atoms with Gasteiger partial charge in [-0.25, -0.2) is 14.4 Å². The minimum absolute atomic E-state index is 0.355. The standard InChI is InChI=1S/C13H17FN2O2/c1-10(14)9-16-12(15-2)11-3-5-13(6-4-11)17-7-8-18-13/h3,9H,2,4-8H2,1H3/b10-9+,16-12?. The fraction of sp³-hybridized carbons (Fsp3) is 0.538. The predicted molar refractivity (Wildman–Crippen MR) is 68.4 cm³/mol. The van der Waals surface area contributed by atoms with E-state index in [1.807, 2.05) is 6.08 Å². The van der Waals surface area contributed by atoms with E-state index in [4.69, 9.17) is 9.47 Å². The van der Waals surface area contributed by atoms with Crippen LogP contribution in [0, 0.1) is 0 Å². The minimum Gasteiger partial charge on any atom is -0.347 e. The Hall–Kier alpha value is -1.33. The normalized spacial score (nSPS) is 24.2. The summed E-state index contributed by atoms with van der Waals surface area (Å²) >= 11 is 0. The second-order valence-electron chi connectivity index (χ2n) is 4.37. The number of ether oxygens (including phenoxy) is 2. The van der Waals surface area contributed by atoms with E-state index >= 15 is 0 Å². The fourth-order valence-corrected chi connectivity index (χ4v) is 2.15. The second kappa shape index (κ2) is 5.54. The van der Waals surface area contributed by atoms with Crippen molar-refractivity contribution in [3.05, 3.63) is 23.7 Å². The van der Waals surface area contributed by atoms with Crippen LogP contribution >= 0.6 is 0 Å². The number of nitrogens with zero attached hydrogens (tertiary/aromatic N) is 2. The molecule has 0 unspecified atom stereocenters. The first-order chi connectivity index (χ1) is 8.65. The van der Waals surface area contributed by atoms with Gasteiger partial charge in [0.1, 0.15) is 5.83 Å². The van der Waals surface area contributed by atoms with E-state index in [0.717, 1.165) is 24.6 Å². The van der Waals surface area contributed by atoms with Gasteiger partial charge in [-0.2, -0.15) is 0 Å². The number of allylic oxidation sites excluding steroid dienone is 1. The SMILES string of the molecule is C=NC(=N/C=C(\C)F)C1=CCC2(CC1)OCCO2. The van der Waals surface area contributed by atoms with Crippen molar-refractivity contribution >= 4 is 12.6 Å². The third-order valence-electron chi connectivity index (χ3n) is 3.05. The average molecular weight is 252 g/mol. The van der Waals surface area contributed by atoms with Gasteiger partial charge in [0.15, 0.2) is 11.6 Å². The number of halogens is 1. The molecule has 0 aromatic rings.